The summed E-state index contributed by atoms with van der Waals surface area (Å²) in [6.45, 7) is 1.97. The van der Waals surface area contributed by atoms with Gasteiger partial charge in [-0.3, -0.25) is 0 Å². The Morgan fingerprint density at radius 1 is 1.12 bits per heavy atom. The molecule has 0 bridgehead atoms. The van der Waals surface area contributed by atoms with Crippen molar-refractivity contribution >= 4 is 11.8 Å². The first-order valence-electron chi connectivity index (χ1n) is 5.59. The Morgan fingerprint density at radius 2 is 1.81 bits per heavy atom. The molecular weight excluding hydrogens is 206 g/mol. The third-order valence-electron chi connectivity index (χ3n) is 2.80. The maximum absolute atomic E-state index is 10.6. The standard InChI is InChI=1S/C11H15N3O2/c15-11(16)9-5-6-10(13-12-9)14-7-3-1-2-4-8-14/h5-6H,1-4,7-8H2,(H,15,16). The van der Waals surface area contributed by atoms with Crippen LogP contribution in [0, 0.1) is 0 Å². The van der Waals surface area contributed by atoms with E-state index in [4.69, 9.17) is 5.11 Å². The molecule has 1 aromatic heterocycles. The molecule has 1 fully saturated rings. The highest BCUT2D eigenvalue weighted by atomic mass is 16.4. The minimum Gasteiger partial charge on any atom is -0.476 e. The van der Waals surface area contributed by atoms with Crippen LogP contribution >= 0.6 is 0 Å². The van der Waals surface area contributed by atoms with Crippen molar-refractivity contribution in [2.24, 2.45) is 0 Å². The van der Waals surface area contributed by atoms with Gasteiger partial charge in [0.2, 0.25) is 0 Å². The second kappa shape index (κ2) is 4.92. The van der Waals surface area contributed by atoms with Gasteiger partial charge in [0, 0.05) is 13.1 Å². The molecule has 0 radical (unpaired) electrons. The number of aromatic nitrogens is 2. The van der Waals surface area contributed by atoms with Crippen molar-refractivity contribution in [3.05, 3.63) is 17.8 Å². The molecule has 1 aliphatic rings. The van der Waals surface area contributed by atoms with Gasteiger partial charge in [-0.2, -0.15) is 0 Å². The summed E-state index contributed by atoms with van der Waals surface area (Å²) >= 11 is 0. The molecule has 2 rings (SSSR count). The lowest BCUT2D eigenvalue weighted by atomic mass is 10.2. The van der Waals surface area contributed by atoms with Crippen LogP contribution in [0.3, 0.4) is 0 Å². The van der Waals surface area contributed by atoms with Gasteiger partial charge in [-0.1, -0.05) is 12.8 Å². The summed E-state index contributed by atoms with van der Waals surface area (Å²) in [6.07, 6.45) is 4.86. The van der Waals surface area contributed by atoms with Crippen LogP contribution in [0.25, 0.3) is 0 Å². The van der Waals surface area contributed by atoms with Gasteiger partial charge in [-0.25, -0.2) is 4.79 Å². The fourth-order valence-corrected chi connectivity index (χ4v) is 1.91. The van der Waals surface area contributed by atoms with Gasteiger partial charge in [0.05, 0.1) is 0 Å². The van der Waals surface area contributed by atoms with E-state index in [0.717, 1.165) is 18.9 Å². The van der Waals surface area contributed by atoms with Crippen LogP contribution in [0.5, 0.6) is 0 Å². The predicted octanol–water partition coefficient (Wildman–Crippen LogP) is 1.56. The third-order valence-corrected chi connectivity index (χ3v) is 2.80. The molecule has 1 N–H and O–H groups in total. The summed E-state index contributed by atoms with van der Waals surface area (Å²) < 4.78 is 0. The van der Waals surface area contributed by atoms with E-state index in [9.17, 15) is 4.79 Å². The van der Waals surface area contributed by atoms with Gasteiger partial charge in [-0.05, 0) is 25.0 Å². The zero-order valence-electron chi connectivity index (χ0n) is 9.09. The molecule has 5 nitrogen and oxygen atoms in total. The molecule has 86 valence electrons. The van der Waals surface area contributed by atoms with Gasteiger partial charge >= 0.3 is 5.97 Å². The van der Waals surface area contributed by atoms with E-state index in [2.05, 4.69) is 15.1 Å². The molecule has 1 aliphatic heterocycles. The van der Waals surface area contributed by atoms with Crippen molar-refractivity contribution in [2.45, 2.75) is 25.7 Å². The Labute approximate surface area is 94.1 Å². The number of hydrogen-bond acceptors (Lipinski definition) is 4. The SMILES string of the molecule is O=C(O)c1ccc(N2CCCCCC2)nn1. The van der Waals surface area contributed by atoms with Gasteiger partial charge in [0.1, 0.15) is 0 Å². The summed E-state index contributed by atoms with van der Waals surface area (Å²) in [5.74, 6) is -0.248. The fourth-order valence-electron chi connectivity index (χ4n) is 1.91. The number of anilines is 1. The van der Waals surface area contributed by atoms with E-state index in [-0.39, 0.29) is 5.69 Å². The highest BCUT2D eigenvalue weighted by Crippen LogP contribution is 2.16. The first kappa shape index (κ1) is 10.9. The molecule has 0 unspecified atom stereocenters. The molecule has 0 aromatic carbocycles. The van der Waals surface area contributed by atoms with E-state index in [1.165, 1.54) is 31.7 Å². The molecule has 0 spiro atoms. The van der Waals surface area contributed by atoms with Crippen LogP contribution in [0.15, 0.2) is 12.1 Å². The Bertz CT molecular complexity index is 356. The second-order valence-electron chi connectivity index (χ2n) is 3.98. The van der Waals surface area contributed by atoms with Crippen LogP contribution in [0.2, 0.25) is 0 Å². The summed E-state index contributed by atoms with van der Waals surface area (Å²) in [6, 6.07) is 3.25. The zero-order valence-corrected chi connectivity index (χ0v) is 9.09. The van der Waals surface area contributed by atoms with E-state index in [1.807, 2.05) is 0 Å². The maximum atomic E-state index is 10.6. The molecule has 0 atom stereocenters. The first-order valence-corrected chi connectivity index (χ1v) is 5.59. The molecule has 1 aromatic rings. The topological polar surface area (TPSA) is 66.3 Å². The average molecular weight is 221 g/mol. The minimum atomic E-state index is -1.03. The van der Waals surface area contributed by atoms with Gasteiger partial charge in [0.25, 0.3) is 0 Å². The molecule has 0 aliphatic carbocycles. The Balaban J connectivity index is 2.10. The van der Waals surface area contributed by atoms with Crippen molar-refractivity contribution in [1.29, 1.82) is 0 Å². The monoisotopic (exact) mass is 221 g/mol. The Kier molecular flexibility index (Phi) is 3.34. The summed E-state index contributed by atoms with van der Waals surface area (Å²) in [5, 5.41) is 16.4. The van der Waals surface area contributed by atoms with E-state index in [0.29, 0.717) is 0 Å². The van der Waals surface area contributed by atoms with Gasteiger partial charge < -0.3 is 10.0 Å². The third kappa shape index (κ3) is 2.48. The minimum absolute atomic E-state index is 0.00132. The summed E-state index contributed by atoms with van der Waals surface area (Å²) in [7, 11) is 0. The maximum Gasteiger partial charge on any atom is 0.356 e. The highest BCUT2D eigenvalue weighted by Gasteiger charge is 2.12. The molecule has 1 saturated heterocycles. The number of carboxylic acid groups (broad SMARTS) is 1. The highest BCUT2D eigenvalue weighted by molar-refractivity contribution is 5.85. The number of nitrogens with zero attached hydrogens (tertiary/aromatic N) is 3. The molecule has 5 heteroatoms. The number of hydrogen-bond donors (Lipinski definition) is 1. The second-order valence-corrected chi connectivity index (χ2v) is 3.98. The average Bonchev–Trinajstić information content (AvgIpc) is 2.57. The molecule has 2 heterocycles. The van der Waals surface area contributed by atoms with Crippen molar-refractivity contribution < 1.29 is 9.90 Å². The summed E-state index contributed by atoms with van der Waals surface area (Å²) in [5.41, 5.74) is -0.00132. The fraction of sp³-hybridized carbons (Fsp3) is 0.545. The van der Waals surface area contributed by atoms with Crippen LogP contribution in [-0.4, -0.2) is 34.4 Å². The Hall–Kier alpha value is -1.65. The largest absolute Gasteiger partial charge is 0.476 e. The lowest BCUT2D eigenvalue weighted by Gasteiger charge is -2.20. The van der Waals surface area contributed by atoms with Crippen LogP contribution < -0.4 is 4.90 Å². The quantitative estimate of drug-likeness (QED) is 0.820. The van der Waals surface area contributed by atoms with Crippen LogP contribution in [0.4, 0.5) is 5.82 Å². The lowest BCUT2D eigenvalue weighted by molar-refractivity contribution is 0.0689. The Morgan fingerprint density at radius 3 is 2.31 bits per heavy atom. The smallest absolute Gasteiger partial charge is 0.356 e. The molecule has 16 heavy (non-hydrogen) atoms. The summed E-state index contributed by atoms with van der Waals surface area (Å²) in [4.78, 5) is 12.8. The van der Waals surface area contributed by atoms with Crippen molar-refractivity contribution in [2.75, 3.05) is 18.0 Å². The van der Waals surface area contributed by atoms with Gasteiger partial charge in [-0.15, -0.1) is 10.2 Å². The number of carbonyl (C=O) groups is 1. The van der Waals surface area contributed by atoms with Crippen molar-refractivity contribution in [1.82, 2.24) is 10.2 Å². The zero-order chi connectivity index (χ0) is 11.4. The number of carboxylic acids is 1. The number of rotatable bonds is 2. The molecule has 0 amide bonds. The van der Waals surface area contributed by atoms with Crippen molar-refractivity contribution in [3.8, 4) is 0 Å². The van der Waals surface area contributed by atoms with E-state index >= 15 is 0 Å². The van der Waals surface area contributed by atoms with Crippen LogP contribution in [0.1, 0.15) is 36.2 Å². The molecular formula is C11H15N3O2. The van der Waals surface area contributed by atoms with Gasteiger partial charge in [0.15, 0.2) is 11.5 Å². The molecule has 0 saturated carbocycles. The van der Waals surface area contributed by atoms with Crippen LogP contribution in [-0.2, 0) is 0 Å². The number of aromatic carboxylic acids is 1. The lowest BCUT2D eigenvalue weighted by Crippen LogP contribution is -2.25. The van der Waals surface area contributed by atoms with E-state index in [1.54, 1.807) is 6.07 Å². The van der Waals surface area contributed by atoms with Crippen molar-refractivity contribution in [3.63, 3.8) is 0 Å². The predicted molar refractivity (Wildman–Crippen MR) is 59.7 cm³/mol. The first-order chi connectivity index (χ1) is 7.77. The van der Waals surface area contributed by atoms with E-state index < -0.39 is 5.97 Å². The normalized spacial score (nSPS) is 16.9.